The molecular weight excluding hydrogens is 304 g/mol. The second kappa shape index (κ2) is 6.47. The molecule has 2 fully saturated rings. The van der Waals surface area contributed by atoms with Gasteiger partial charge < -0.3 is 14.3 Å². The van der Waals surface area contributed by atoms with Gasteiger partial charge in [0, 0.05) is 38.6 Å². The van der Waals surface area contributed by atoms with E-state index in [4.69, 9.17) is 4.52 Å². The van der Waals surface area contributed by atoms with E-state index >= 15 is 0 Å². The molecule has 0 aromatic carbocycles. The van der Waals surface area contributed by atoms with E-state index in [9.17, 15) is 4.79 Å². The summed E-state index contributed by atoms with van der Waals surface area (Å²) in [5.41, 5.74) is -0.209. The summed E-state index contributed by atoms with van der Waals surface area (Å²) >= 11 is 0. The first-order valence-electron chi connectivity index (χ1n) is 9.13. The van der Waals surface area contributed by atoms with Crippen molar-refractivity contribution < 1.29 is 9.32 Å². The zero-order valence-electron chi connectivity index (χ0n) is 15.6. The molecule has 1 aromatic rings. The Morgan fingerprint density at radius 2 is 2.08 bits per heavy atom. The van der Waals surface area contributed by atoms with Gasteiger partial charge in [0.15, 0.2) is 5.82 Å². The summed E-state index contributed by atoms with van der Waals surface area (Å²) in [4.78, 5) is 21.7. The van der Waals surface area contributed by atoms with Crippen LogP contribution >= 0.6 is 0 Å². The van der Waals surface area contributed by atoms with Crippen molar-refractivity contribution in [3.8, 4) is 0 Å². The Morgan fingerprint density at radius 1 is 1.33 bits per heavy atom. The lowest BCUT2D eigenvalue weighted by atomic mass is 9.73. The Kier molecular flexibility index (Phi) is 4.69. The summed E-state index contributed by atoms with van der Waals surface area (Å²) in [6.45, 7) is 14.9. The number of hydrogen-bond donors (Lipinski definition) is 0. The van der Waals surface area contributed by atoms with Crippen LogP contribution in [0.5, 0.6) is 0 Å². The largest absolute Gasteiger partial charge is 0.341 e. The van der Waals surface area contributed by atoms with Gasteiger partial charge in [0.25, 0.3) is 0 Å². The van der Waals surface area contributed by atoms with Gasteiger partial charge in [0.1, 0.15) is 0 Å². The molecule has 0 radical (unpaired) electrons. The third-order valence-corrected chi connectivity index (χ3v) is 5.37. The first kappa shape index (κ1) is 17.4. The Bertz CT molecular complexity index is 598. The number of carbonyl (C=O) groups excluding carboxylic acids is 1. The molecule has 1 aromatic heterocycles. The number of amides is 1. The van der Waals surface area contributed by atoms with E-state index in [-0.39, 0.29) is 17.2 Å². The fourth-order valence-electron chi connectivity index (χ4n) is 4.38. The highest BCUT2D eigenvalue weighted by atomic mass is 16.5. The van der Waals surface area contributed by atoms with Gasteiger partial charge in [0.05, 0.1) is 5.41 Å². The Balaban J connectivity index is 1.90. The van der Waals surface area contributed by atoms with Crippen molar-refractivity contribution in [2.75, 3.05) is 32.7 Å². The molecule has 2 aliphatic rings. The molecule has 1 amide bonds. The molecule has 134 valence electrons. The SMILES string of the molecule is Cc1noc([C@@]23CN(CC(C)C)C[C@@H]2CCN(C(=O)C(C)C)C3)n1. The molecule has 6 nitrogen and oxygen atoms in total. The molecule has 0 bridgehead atoms. The minimum Gasteiger partial charge on any atom is -0.341 e. The minimum absolute atomic E-state index is 0.0243. The van der Waals surface area contributed by atoms with E-state index in [2.05, 4.69) is 28.9 Å². The first-order chi connectivity index (χ1) is 11.3. The van der Waals surface area contributed by atoms with Gasteiger partial charge in [-0.15, -0.1) is 0 Å². The molecule has 0 N–H and O–H groups in total. The van der Waals surface area contributed by atoms with Crippen molar-refractivity contribution in [3.63, 3.8) is 0 Å². The molecule has 2 saturated heterocycles. The highest BCUT2D eigenvalue weighted by molar-refractivity contribution is 5.78. The standard InChI is InChI=1S/C18H30N4O2/c1-12(2)8-21-9-15-6-7-22(16(23)13(3)4)11-18(15,10-21)17-19-14(5)20-24-17/h12-13,15H,6-11H2,1-5H3/t15-,18+/m0/s1. The summed E-state index contributed by atoms with van der Waals surface area (Å²) in [5, 5.41) is 4.03. The van der Waals surface area contributed by atoms with E-state index < -0.39 is 0 Å². The van der Waals surface area contributed by atoms with E-state index in [0.29, 0.717) is 24.2 Å². The third kappa shape index (κ3) is 3.08. The van der Waals surface area contributed by atoms with Crippen LogP contribution in [0.1, 0.15) is 45.8 Å². The monoisotopic (exact) mass is 334 g/mol. The molecule has 24 heavy (non-hydrogen) atoms. The number of aryl methyl sites for hydroxylation is 1. The number of aromatic nitrogens is 2. The lowest BCUT2D eigenvalue weighted by Crippen LogP contribution is -2.54. The van der Waals surface area contributed by atoms with Crippen LogP contribution in [-0.4, -0.2) is 58.6 Å². The molecule has 3 heterocycles. The summed E-state index contributed by atoms with van der Waals surface area (Å²) in [6, 6.07) is 0. The molecule has 2 aliphatic heterocycles. The van der Waals surface area contributed by atoms with E-state index in [1.54, 1.807) is 0 Å². The maximum atomic E-state index is 12.6. The number of nitrogens with zero attached hydrogens (tertiary/aromatic N) is 4. The number of hydrogen-bond acceptors (Lipinski definition) is 5. The van der Waals surface area contributed by atoms with Crippen LogP contribution < -0.4 is 0 Å². The zero-order valence-corrected chi connectivity index (χ0v) is 15.6. The predicted molar refractivity (Wildman–Crippen MR) is 91.5 cm³/mol. The van der Waals surface area contributed by atoms with Gasteiger partial charge in [-0.25, -0.2) is 0 Å². The van der Waals surface area contributed by atoms with Crippen molar-refractivity contribution >= 4 is 5.91 Å². The van der Waals surface area contributed by atoms with Gasteiger partial charge in [-0.1, -0.05) is 32.9 Å². The lowest BCUT2D eigenvalue weighted by Gasteiger charge is -2.42. The van der Waals surface area contributed by atoms with Crippen LogP contribution in [-0.2, 0) is 10.2 Å². The lowest BCUT2D eigenvalue weighted by molar-refractivity contribution is -0.137. The van der Waals surface area contributed by atoms with Gasteiger partial charge in [-0.05, 0) is 25.2 Å². The normalized spacial score (nSPS) is 28.0. The molecular formula is C18H30N4O2. The molecule has 0 unspecified atom stereocenters. The van der Waals surface area contributed by atoms with Gasteiger partial charge in [-0.2, -0.15) is 4.98 Å². The Hall–Kier alpha value is -1.43. The van der Waals surface area contributed by atoms with Crippen molar-refractivity contribution in [2.45, 2.75) is 46.5 Å². The van der Waals surface area contributed by atoms with Crippen LogP contribution in [0.3, 0.4) is 0 Å². The average Bonchev–Trinajstić information content (AvgIpc) is 3.08. The quantitative estimate of drug-likeness (QED) is 0.844. The molecule has 2 atom stereocenters. The maximum Gasteiger partial charge on any atom is 0.236 e. The van der Waals surface area contributed by atoms with Gasteiger partial charge >= 0.3 is 0 Å². The molecule has 6 heteroatoms. The van der Waals surface area contributed by atoms with Crippen LogP contribution in [0.15, 0.2) is 4.52 Å². The highest BCUT2D eigenvalue weighted by Gasteiger charge is 2.55. The number of piperidine rings is 1. The summed E-state index contributed by atoms with van der Waals surface area (Å²) in [7, 11) is 0. The topological polar surface area (TPSA) is 62.5 Å². The van der Waals surface area contributed by atoms with Crippen molar-refractivity contribution in [2.24, 2.45) is 17.8 Å². The minimum atomic E-state index is -0.209. The van der Waals surface area contributed by atoms with E-state index in [1.165, 1.54) is 0 Å². The smallest absolute Gasteiger partial charge is 0.236 e. The predicted octanol–water partition coefficient (Wildman–Crippen LogP) is 2.09. The van der Waals surface area contributed by atoms with Crippen molar-refractivity contribution in [1.82, 2.24) is 19.9 Å². The van der Waals surface area contributed by atoms with Gasteiger partial charge in [0.2, 0.25) is 11.8 Å². The number of fused-ring (bicyclic) bond motifs is 1. The molecule has 3 rings (SSSR count). The number of carbonyl (C=O) groups is 1. The zero-order chi connectivity index (χ0) is 17.5. The van der Waals surface area contributed by atoms with Crippen molar-refractivity contribution in [1.29, 1.82) is 0 Å². The third-order valence-electron chi connectivity index (χ3n) is 5.37. The fraction of sp³-hybridized carbons (Fsp3) is 0.833. The maximum absolute atomic E-state index is 12.6. The van der Waals surface area contributed by atoms with Crippen LogP contribution in [0.4, 0.5) is 0 Å². The highest BCUT2D eigenvalue weighted by Crippen LogP contribution is 2.44. The van der Waals surface area contributed by atoms with Gasteiger partial charge in [-0.3, -0.25) is 4.79 Å². The second-order valence-electron chi connectivity index (χ2n) is 8.29. The van der Waals surface area contributed by atoms with Crippen LogP contribution in [0.25, 0.3) is 0 Å². The Labute approximate surface area is 144 Å². The number of rotatable bonds is 4. The summed E-state index contributed by atoms with van der Waals surface area (Å²) in [6.07, 6.45) is 1.01. The Morgan fingerprint density at radius 3 is 2.67 bits per heavy atom. The first-order valence-corrected chi connectivity index (χ1v) is 9.13. The van der Waals surface area contributed by atoms with E-state index in [0.717, 1.165) is 38.5 Å². The van der Waals surface area contributed by atoms with Crippen molar-refractivity contribution in [3.05, 3.63) is 11.7 Å². The molecule has 0 spiro atoms. The van der Waals surface area contributed by atoms with E-state index in [1.807, 2.05) is 25.7 Å². The molecule has 0 saturated carbocycles. The van der Waals surface area contributed by atoms with Crippen LogP contribution in [0.2, 0.25) is 0 Å². The molecule has 0 aliphatic carbocycles. The summed E-state index contributed by atoms with van der Waals surface area (Å²) < 4.78 is 5.62. The second-order valence-corrected chi connectivity index (χ2v) is 8.29. The van der Waals surface area contributed by atoms with Crippen LogP contribution in [0, 0.1) is 24.7 Å². The average molecular weight is 334 g/mol. The summed E-state index contributed by atoms with van der Waals surface area (Å²) in [5.74, 6) is 2.75. The fourth-order valence-corrected chi connectivity index (χ4v) is 4.38. The number of likely N-dealkylation sites (tertiary alicyclic amines) is 2.